The van der Waals surface area contributed by atoms with Gasteiger partial charge >= 0.3 is 0 Å². The van der Waals surface area contributed by atoms with E-state index in [2.05, 4.69) is 0 Å². The lowest BCUT2D eigenvalue weighted by atomic mass is 10.0. The van der Waals surface area contributed by atoms with Gasteiger partial charge in [-0.1, -0.05) is 60.7 Å². The minimum absolute atomic E-state index is 0.0409. The van der Waals surface area contributed by atoms with Crippen molar-refractivity contribution in [1.82, 2.24) is 4.90 Å². The highest BCUT2D eigenvalue weighted by Gasteiger charge is 2.22. The molecule has 1 atom stereocenters. The van der Waals surface area contributed by atoms with E-state index in [0.717, 1.165) is 5.56 Å². The second-order valence-electron chi connectivity index (χ2n) is 5.09. The molecule has 21 heavy (non-hydrogen) atoms. The van der Waals surface area contributed by atoms with Crippen molar-refractivity contribution in [1.29, 1.82) is 0 Å². The molecule has 0 saturated carbocycles. The van der Waals surface area contributed by atoms with Crippen LogP contribution in [0.3, 0.4) is 0 Å². The summed E-state index contributed by atoms with van der Waals surface area (Å²) in [5.74, 6) is 0.0833. The molecule has 0 aromatic heterocycles. The number of hydrogen-bond acceptors (Lipinski definition) is 3. The maximum absolute atomic E-state index is 12.5. The van der Waals surface area contributed by atoms with Gasteiger partial charge in [0.2, 0.25) is 0 Å². The molecule has 0 amide bonds. The molecule has 1 N–H and O–H groups in total. The third-order valence-electron chi connectivity index (χ3n) is 3.60. The van der Waals surface area contributed by atoms with Gasteiger partial charge in [0.05, 0.1) is 12.6 Å². The van der Waals surface area contributed by atoms with Crippen molar-refractivity contribution in [3.05, 3.63) is 71.8 Å². The topological polar surface area (TPSA) is 40.5 Å². The molecule has 0 bridgehead atoms. The number of hydrogen-bond donors (Lipinski definition) is 1. The number of aliphatic hydroxyl groups is 1. The SMILES string of the molecule is CC(C(=O)c1ccccc1)N(CCO)Cc1ccccc1. The molecule has 0 aliphatic rings. The zero-order valence-corrected chi connectivity index (χ0v) is 12.3. The Kier molecular flexibility index (Phi) is 5.67. The number of carbonyl (C=O) groups excluding carboxylic acids is 1. The van der Waals surface area contributed by atoms with E-state index in [0.29, 0.717) is 18.7 Å². The predicted molar refractivity (Wildman–Crippen MR) is 84.2 cm³/mol. The van der Waals surface area contributed by atoms with Crippen LogP contribution in [0.2, 0.25) is 0 Å². The van der Waals surface area contributed by atoms with Gasteiger partial charge in [-0.3, -0.25) is 9.69 Å². The first-order chi connectivity index (χ1) is 10.2. The minimum atomic E-state index is -0.264. The fourth-order valence-electron chi connectivity index (χ4n) is 2.37. The summed E-state index contributed by atoms with van der Waals surface area (Å²) >= 11 is 0. The second kappa shape index (κ2) is 7.72. The highest BCUT2D eigenvalue weighted by molar-refractivity contribution is 5.99. The first-order valence-electron chi connectivity index (χ1n) is 7.20. The summed E-state index contributed by atoms with van der Waals surface area (Å²) in [6, 6.07) is 19.0. The molecule has 2 aromatic rings. The average Bonchev–Trinajstić information content (AvgIpc) is 2.55. The summed E-state index contributed by atoms with van der Waals surface area (Å²) in [6.45, 7) is 3.07. The van der Waals surface area contributed by atoms with Crippen molar-refractivity contribution in [2.75, 3.05) is 13.2 Å². The maximum Gasteiger partial charge on any atom is 0.179 e. The first-order valence-corrected chi connectivity index (χ1v) is 7.20. The van der Waals surface area contributed by atoms with Gasteiger partial charge in [0, 0.05) is 18.7 Å². The minimum Gasteiger partial charge on any atom is -0.395 e. The number of benzene rings is 2. The molecule has 1 unspecified atom stereocenters. The zero-order chi connectivity index (χ0) is 15.1. The van der Waals surface area contributed by atoms with E-state index in [1.807, 2.05) is 72.5 Å². The van der Waals surface area contributed by atoms with Crippen molar-refractivity contribution >= 4 is 5.78 Å². The fraction of sp³-hybridized carbons (Fsp3) is 0.278. The van der Waals surface area contributed by atoms with Crippen LogP contribution in [0.1, 0.15) is 22.8 Å². The molecule has 110 valence electrons. The summed E-state index contributed by atoms with van der Waals surface area (Å²) in [7, 11) is 0. The Morgan fingerprint density at radius 3 is 2.19 bits per heavy atom. The van der Waals surface area contributed by atoms with Crippen molar-refractivity contribution < 1.29 is 9.90 Å². The van der Waals surface area contributed by atoms with Crippen LogP contribution in [-0.2, 0) is 6.54 Å². The quantitative estimate of drug-likeness (QED) is 0.794. The van der Waals surface area contributed by atoms with Gasteiger partial charge in [-0.05, 0) is 12.5 Å². The molecule has 2 rings (SSSR count). The summed E-state index contributed by atoms with van der Waals surface area (Å²) in [5, 5.41) is 9.26. The summed E-state index contributed by atoms with van der Waals surface area (Å²) in [4.78, 5) is 14.5. The van der Waals surface area contributed by atoms with Gasteiger partial charge in [-0.15, -0.1) is 0 Å². The molecule has 0 spiro atoms. The van der Waals surface area contributed by atoms with Crippen LogP contribution in [0.15, 0.2) is 60.7 Å². The van der Waals surface area contributed by atoms with Gasteiger partial charge < -0.3 is 5.11 Å². The molecule has 0 radical (unpaired) electrons. The van der Waals surface area contributed by atoms with Crippen molar-refractivity contribution in [2.24, 2.45) is 0 Å². The van der Waals surface area contributed by atoms with Crippen molar-refractivity contribution in [2.45, 2.75) is 19.5 Å². The van der Waals surface area contributed by atoms with Gasteiger partial charge in [-0.2, -0.15) is 0 Å². The van der Waals surface area contributed by atoms with Crippen LogP contribution in [0.4, 0.5) is 0 Å². The Hall–Kier alpha value is -1.97. The monoisotopic (exact) mass is 283 g/mol. The van der Waals surface area contributed by atoms with E-state index in [-0.39, 0.29) is 18.4 Å². The fourth-order valence-corrected chi connectivity index (χ4v) is 2.37. The molecule has 0 heterocycles. The van der Waals surface area contributed by atoms with E-state index in [4.69, 9.17) is 0 Å². The summed E-state index contributed by atoms with van der Waals surface area (Å²) in [6.07, 6.45) is 0. The Bertz CT molecular complexity index is 554. The molecule has 0 saturated heterocycles. The van der Waals surface area contributed by atoms with Crippen LogP contribution < -0.4 is 0 Å². The average molecular weight is 283 g/mol. The van der Waals surface area contributed by atoms with Crippen LogP contribution >= 0.6 is 0 Å². The highest BCUT2D eigenvalue weighted by atomic mass is 16.3. The zero-order valence-electron chi connectivity index (χ0n) is 12.3. The number of aliphatic hydroxyl groups excluding tert-OH is 1. The van der Waals surface area contributed by atoms with Crippen LogP contribution in [0, 0.1) is 0 Å². The predicted octanol–water partition coefficient (Wildman–Crippen LogP) is 2.75. The van der Waals surface area contributed by atoms with Gasteiger partial charge in [-0.25, -0.2) is 0 Å². The normalized spacial score (nSPS) is 12.3. The number of nitrogens with zero attached hydrogens (tertiary/aromatic N) is 1. The van der Waals surface area contributed by atoms with Gasteiger partial charge in [0.15, 0.2) is 5.78 Å². The summed E-state index contributed by atoms with van der Waals surface area (Å²) in [5.41, 5.74) is 1.85. The van der Waals surface area contributed by atoms with Crippen molar-refractivity contribution in [3.8, 4) is 0 Å². The van der Waals surface area contributed by atoms with Crippen molar-refractivity contribution in [3.63, 3.8) is 0 Å². The van der Waals surface area contributed by atoms with E-state index in [1.165, 1.54) is 0 Å². The molecule has 0 aliphatic heterocycles. The number of Topliss-reactive ketones (excluding diaryl/α,β-unsaturated/α-hetero) is 1. The number of rotatable bonds is 7. The van der Waals surface area contributed by atoms with E-state index < -0.39 is 0 Å². The van der Waals surface area contributed by atoms with Gasteiger partial charge in [0.1, 0.15) is 0 Å². The smallest absolute Gasteiger partial charge is 0.179 e. The molecular formula is C18H21NO2. The number of ketones is 1. The molecule has 0 fully saturated rings. The Labute approximate surface area is 125 Å². The largest absolute Gasteiger partial charge is 0.395 e. The molecule has 3 nitrogen and oxygen atoms in total. The third kappa shape index (κ3) is 4.25. The standard InChI is InChI=1S/C18H21NO2/c1-15(18(21)17-10-6-3-7-11-17)19(12-13-20)14-16-8-4-2-5-9-16/h2-11,15,20H,12-14H2,1H3. The van der Waals surface area contributed by atoms with Crippen LogP contribution in [-0.4, -0.2) is 35.0 Å². The highest BCUT2D eigenvalue weighted by Crippen LogP contribution is 2.12. The molecular weight excluding hydrogens is 262 g/mol. The molecule has 2 aromatic carbocycles. The lowest BCUT2D eigenvalue weighted by Crippen LogP contribution is -2.40. The lowest BCUT2D eigenvalue weighted by molar-refractivity contribution is 0.0794. The van der Waals surface area contributed by atoms with Gasteiger partial charge in [0.25, 0.3) is 0 Å². The number of carbonyl (C=O) groups is 1. The summed E-state index contributed by atoms with van der Waals surface area (Å²) < 4.78 is 0. The molecule has 3 heteroatoms. The van der Waals surface area contributed by atoms with E-state index >= 15 is 0 Å². The second-order valence-corrected chi connectivity index (χ2v) is 5.09. The lowest BCUT2D eigenvalue weighted by Gasteiger charge is -2.27. The Morgan fingerprint density at radius 2 is 1.62 bits per heavy atom. The van der Waals surface area contributed by atoms with E-state index in [9.17, 15) is 9.90 Å². The van der Waals surface area contributed by atoms with Crippen LogP contribution in [0.25, 0.3) is 0 Å². The van der Waals surface area contributed by atoms with E-state index in [1.54, 1.807) is 0 Å². The first kappa shape index (κ1) is 15.4. The Balaban J connectivity index is 2.12. The van der Waals surface area contributed by atoms with Crippen LogP contribution in [0.5, 0.6) is 0 Å². The molecule has 0 aliphatic carbocycles. The Morgan fingerprint density at radius 1 is 1.05 bits per heavy atom. The maximum atomic E-state index is 12.5. The third-order valence-corrected chi connectivity index (χ3v) is 3.60.